The Morgan fingerprint density at radius 3 is 2.48 bits per heavy atom. The fourth-order valence-electron chi connectivity index (χ4n) is 4.09. The minimum absolute atomic E-state index is 0.0986. The Morgan fingerprint density at radius 1 is 1.10 bits per heavy atom. The van der Waals surface area contributed by atoms with Crippen LogP contribution in [0.1, 0.15) is 72.6 Å². The van der Waals surface area contributed by atoms with E-state index in [9.17, 15) is 5.11 Å². The van der Waals surface area contributed by atoms with Crippen molar-refractivity contribution in [3.05, 3.63) is 35.5 Å². The highest BCUT2D eigenvalue weighted by molar-refractivity contribution is 5.20. The largest absolute Gasteiger partial charge is 0.389 e. The van der Waals surface area contributed by atoms with Crippen LogP contribution in [0.15, 0.2) is 35.5 Å². The van der Waals surface area contributed by atoms with Crippen LogP contribution in [0.3, 0.4) is 0 Å². The summed E-state index contributed by atoms with van der Waals surface area (Å²) < 4.78 is 0. The SMILES string of the molecule is C=C1CC[C@@]2(O)C/C=C(\C)CC/C=C(\C)CC[C@H]1C2(C)C. The van der Waals surface area contributed by atoms with Gasteiger partial charge < -0.3 is 5.11 Å². The van der Waals surface area contributed by atoms with Crippen LogP contribution in [0.2, 0.25) is 0 Å². The second-order valence-electron chi connectivity index (χ2n) is 7.85. The molecule has 1 heteroatoms. The molecule has 0 amide bonds. The average molecular weight is 288 g/mol. The second kappa shape index (κ2) is 6.12. The maximum absolute atomic E-state index is 11.3. The van der Waals surface area contributed by atoms with Crippen LogP contribution in [0.25, 0.3) is 0 Å². The second-order valence-corrected chi connectivity index (χ2v) is 7.85. The van der Waals surface area contributed by atoms with Crippen LogP contribution in [0, 0.1) is 11.3 Å². The molecule has 1 N–H and O–H groups in total. The van der Waals surface area contributed by atoms with Gasteiger partial charge in [0, 0.05) is 5.41 Å². The Labute approximate surface area is 130 Å². The number of aliphatic hydroxyl groups is 1. The van der Waals surface area contributed by atoms with Crippen LogP contribution >= 0.6 is 0 Å². The molecule has 2 rings (SSSR count). The van der Waals surface area contributed by atoms with Crippen molar-refractivity contribution in [1.29, 1.82) is 0 Å². The molecule has 0 aromatic carbocycles. The predicted octanol–water partition coefficient (Wildman–Crippen LogP) is 5.57. The zero-order chi connectivity index (χ0) is 15.7. The number of fused-ring (bicyclic) bond motifs is 2. The topological polar surface area (TPSA) is 20.2 Å². The molecule has 2 atom stereocenters. The van der Waals surface area contributed by atoms with Crippen molar-refractivity contribution in [2.75, 3.05) is 0 Å². The molecule has 0 unspecified atom stereocenters. The Bertz CT molecular complexity index is 466. The predicted molar refractivity (Wildman–Crippen MR) is 91.2 cm³/mol. The standard InChI is InChI=1S/C20H32O/c1-15-7-6-8-16(2)11-13-20(21)14-12-17(3)18(10-9-15)19(20,4)5/h7,11,18,21H,3,6,8-10,12-14H2,1-2,4-5H3/b15-7+,16-11+/t18-,20+/m1/s1. The van der Waals surface area contributed by atoms with E-state index in [2.05, 4.69) is 46.4 Å². The van der Waals surface area contributed by atoms with Crippen molar-refractivity contribution >= 4 is 0 Å². The van der Waals surface area contributed by atoms with E-state index in [1.54, 1.807) is 0 Å². The average Bonchev–Trinajstić information content (AvgIpc) is 2.40. The summed E-state index contributed by atoms with van der Waals surface area (Å²) >= 11 is 0. The lowest BCUT2D eigenvalue weighted by molar-refractivity contribution is -0.109. The van der Waals surface area contributed by atoms with Gasteiger partial charge in [-0.2, -0.15) is 0 Å². The normalized spacial score (nSPS) is 39.3. The van der Waals surface area contributed by atoms with Crippen molar-refractivity contribution in [2.45, 2.75) is 78.2 Å². The molecule has 1 fully saturated rings. The van der Waals surface area contributed by atoms with Gasteiger partial charge in [-0.15, -0.1) is 0 Å². The Hall–Kier alpha value is -0.820. The van der Waals surface area contributed by atoms with Crippen molar-refractivity contribution in [1.82, 2.24) is 0 Å². The van der Waals surface area contributed by atoms with E-state index in [0.29, 0.717) is 5.92 Å². The molecule has 2 bridgehead atoms. The molecule has 0 aromatic heterocycles. The van der Waals surface area contributed by atoms with Gasteiger partial charge in [0.25, 0.3) is 0 Å². The Morgan fingerprint density at radius 2 is 1.76 bits per heavy atom. The summed E-state index contributed by atoms with van der Waals surface area (Å²) in [5.41, 5.74) is 3.55. The number of allylic oxidation sites excluding steroid dienone is 4. The van der Waals surface area contributed by atoms with Gasteiger partial charge in [-0.1, -0.05) is 49.3 Å². The summed E-state index contributed by atoms with van der Waals surface area (Å²) in [6.07, 6.45) is 11.8. The van der Waals surface area contributed by atoms with E-state index in [1.807, 2.05) is 0 Å². The van der Waals surface area contributed by atoms with Crippen LogP contribution in [-0.2, 0) is 0 Å². The molecule has 2 aliphatic rings. The highest BCUT2D eigenvalue weighted by Crippen LogP contribution is 2.53. The Kier molecular flexibility index (Phi) is 4.82. The molecule has 0 radical (unpaired) electrons. The molecular weight excluding hydrogens is 256 g/mol. The molecule has 2 aliphatic carbocycles. The first-order valence-electron chi connectivity index (χ1n) is 8.47. The highest BCUT2D eigenvalue weighted by Gasteiger charge is 2.50. The Balaban J connectivity index is 2.36. The van der Waals surface area contributed by atoms with Gasteiger partial charge in [-0.3, -0.25) is 0 Å². The van der Waals surface area contributed by atoms with Gasteiger partial charge in [0.05, 0.1) is 5.60 Å². The lowest BCUT2D eigenvalue weighted by Crippen LogP contribution is -2.52. The van der Waals surface area contributed by atoms with Crippen LogP contribution in [0.4, 0.5) is 0 Å². The first-order valence-corrected chi connectivity index (χ1v) is 8.47. The third kappa shape index (κ3) is 3.34. The van der Waals surface area contributed by atoms with E-state index in [-0.39, 0.29) is 5.41 Å². The van der Waals surface area contributed by atoms with Gasteiger partial charge in [0.15, 0.2) is 0 Å². The molecule has 21 heavy (non-hydrogen) atoms. The summed E-state index contributed by atoms with van der Waals surface area (Å²) in [4.78, 5) is 0. The maximum atomic E-state index is 11.3. The zero-order valence-corrected chi connectivity index (χ0v) is 14.3. The minimum Gasteiger partial charge on any atom is -0.389 e. The molecule has 118 valence electrons. The summed E-state index contributed by atoms with van der Waals surface area (Å²) in [6, 6.07) is 0. The quantitative estimate of drug-likeness (QED) is 0.578. The third-order valence-electron chi connectivity index (χ3n) is 6.07. The fourth-order valence-corrected chi connectivity index (χ4v) is 4.09. The first-order chi connectivity index (χ1) is 9.76. The molecule has 0 heterocycles. The number of hydrogen-bond donors (Lipinski definition) is 1. The highest BCUT2D eigenvalue weighted by atomic mass is 16.3. The lowest BCUT2D eigenvalue weighted by Gasteiger charge is -2.52. The summed E-state index contributed by atoms with van der Waals surface area (Å²) in [5, 5.41) is 11.3. The van der Waals surface area contributed by atoms with Crippen molar-refractivity contribution < 1.29 is 5.11 Å². The number of hydrogen-bond acceptors (Lipinski definition) is 1. The van der Waals surface area contributed by atoms with E-state index in [0.717, 1.165) is 44.9 Å². The molecule has 0 aromatic rings. The van der Waals surface area contributed by atoms with E-state index in [4.69, 9.17) is 0 Å². The van der Waals surface area contributed by atoms with Crippen LogP contribution in [0.5, 0.6) is 0 Å². The molecule has 1 nitrogen and oxygen atoms in total. The monoisotopic (exact) mass is 288 g/mol. The number of rotatable bonds is 0. The maximum Gasteiger partial charge on any atom is 0.0741 e. The van der Waals surface area contributed by atoms with E-state index < -0.39 is 5.60 Å². The smallest absolute Gasteiger partial charge is 0.0741 e. The van der Waals surface area contributed by atoms with Crippen LogP contribution < -0.4 is 0 Å². The van der Waals surface area contributed by atoms with Gasteiger partial charge in [-0.25, -0.2) is 0 Å². The van der Waals surface area contributed by atoms with Gasteiger partial charge in [0.2, 0.25) is 0 Å². The molecule has 0 saturated heterocycles. The fraction of sp³-hybridized carbons (Fsp3) is 0.700. The van der Waals surface area contributed by atoms with Crippen molar-refractivity contribution in [2.24, 2.45) is 11.3 Å². The van der Waals surface area contributed by atoms with Crippen LogP contribution in [-0.4, -0.2) is 10.7 Å². The summed E-state index contributed by atoms with van der Waals surface area (Å²) in [6.45, 7) is 13.3. The lowest BCUT2D eigenvalue weighted by atomic mass is 9.56. The molecule has 0 spiro atoms. The minimum atomic E-state index is -0.586. The molecule has 0 aliphatic heterocycles. The van der Waals surface area contributed by atoms with E-state index >= 15 is 0 Å². The van der Waals surface area contributed by atoms with Crippen molar-refractivity contribution in [3.63, 3.8) is 0 Å². The molecular formula is C20H32O. The first kappa shape index (κ1) is 16.5. The third-order valence-corrected chi connectivity index (χ3v) is 6.07. The van der Waals surface area contributed by atoms with Gasteiger partial charge in [0.1, 0.15) is 0 Å². The summed E-state index contributed by atoms with van der Waals surface area (Å²) in [7, 11) is 0. The molecule has 1 saturated carbocycles. The van der Waals surface area contributed by atoms with Crippen molar-refractivity contribution in [3.8, 4) is 0 Å². The van der Waals surface area contributed by atoms with Gasteiger partial charge in [-0.05, 0) is 64.7 Å². The van der Waals surface area contributed by atoms with E-state index in [1.165, 1.54) is 16.7 Å². The zero-order valence-electron chi connectivity index (χ0n) is 14.3. The summed E-state index contributed by atoms with van der Waals surface area (Å²) in [5.74, 6) is 0.424. The van der Waals surface area contributed by atoms with Gasteiger partial charge >= 0.3 is 0 Å².